The number of nitrogens with zero attached hydrogens (tertiary/aromatic N) is 7. The quantitative estimate of drug-likeness (QED) is 0.0511. The first-order valence-corrected chi connectivity index (χ1v) is 24.1. The van der Waals surface area contributed by atoms with Gasteiger partial charge in [0.05, 0.1) is 58.3 Å². The summed E-state index contributed by atoms with van der Waals surface area (Å²) < 4.78 is 33.9. The largest absolute Gasteiger partial charge is 1.00 e. The normalized spacial score (nSPS) is 14.2. The molecule has 2 unspecified atom stereocenters. The van der Waals surface area contributed by atoms with E-state index in [1.54, 1.807) is 70.8 Å². The van der Waals surface area contributed by atoms with Gasteiger partial charge in [0.2, 0.25) is 7.48 Å². The number of pyridine rings is 2. The fourth-order valence-electron chi connectivity index (χ4n) is 8.34. The van der Waals surface area contributed by atoms with Crippen LogP contribution in [0, 0.1) is 30.0 Å². The number of carbonyl (C=O) groups is 5. The van der Waals surface area contributed by atoms with Crippen LogP contribution in [0.5, 0.6) is 0 Å². The van der Waals surface area contributed by atoms with Crippen molar-refractivity contribution in [3.8, 4) is 11.4 Å². The molecule has 20 nitrogen and oxygen atoms in total. The second kappa shape index (κ2) is 33.0. The number of hydrogen-bond acceptors (Lipinski definition) is 16. The van der Waals surface area contributed by atoms with Crippen LogP contribution in [0.1, 0.15) is 93.9 Å². The van der Waals surface area contributed by atoms with Gasteiger partial charge in [-0.15, -0.1) is 0 Å². The van der Waals surface area contributed by atoms with E-state index in [-0.39, 0.29) is 65.1 Å². The first-order chi connectivity index (χ1) is 35.6. The van der Waals surface area contributed by atoms with Crippen LogP contribution in [-0.4, -0.2) is 134 Å². The van der Waals surface area contributed by atoms with Crippen molar-refractivity contribution in [2.24, 2.45) is 11.8 Å². The van der Waals surface area contributed by atoms with Crippen molar-refractivity contribution in [1.29, 1.82) is 0 Å². The second-order valence-corrected chi connectivity index (χ2v) is 17.1. The van der Waals surface area contributed by atoms with Crippen LogP contribution in [-0.2, 0) is 28.8 Å². The minimum absolute atomic E-state index is 0. The number of halogens is 2. The van der Waals surface area contributed by atoms with E-state index in [0.717, 1.165) is 121 Å². The molecule has 8 rings (SSSR count). The van der Waals surface area contributed by atoms with Crippen molar-refractivity contribution in [3.05, 3.63) is 115 Å². The molecule has 2 fully saturated rings. The molecule has 1 radical (unpaired) electrons. The standard InChI is InChI=1S/C22H26FN5O.C21H24FN5O.C4H6O4.C3H5BO3.CH4O.Na/c1-3-20(15-8-10-27(2)11-9-15)26-22(29)19-12-24-14-21-18(19)13-25-28(21)17-6-4-16(23)5-7-17;1-2-19(14-7-9-23-10-8-14)26-21(28)18-11-24-13-20-17(18)12-25-27(20)16-5-3-15(22)4-6-16;1-3(5)7-8-4(2)6;1-3(6)7-4-2-5;1-2;/h4-7,12-15,20H,3,8-11H2,1-2H3,(H,26,29);3-6,11-14,19,23H,2,7-10H2,1H3,(H,26,28);1-2H3;2,5H,1H3;2H,1H3;/q;;;-1;;+1. The molecule has 0 saturated carbocycles. The van der Waals surface area contributed by atoms with Gasteiger partial charge in [-0.1, -0.05) is 13.8 Å². The Morgan fingerprint density at radius 3 is 1.43 bits per heavy atom. The van der Waals surface area contributed by atoms with Crippen LogP contribution in [0.3, 0.4) is 0 Å². The maximum atomic E-state index is 13.2. The molecule has 6 aromatic rings. The van der Waals surface area contributed by atoms with Crippen molar-refractivity contribution in [1.82, 2.24) is 50.4 Å². The zero-order chi connectivity index (χ0) is 54.2. The number of aliphatic hydroxyl groups excluding tert-OH is 2. The summed E-state index contributed by atoms with van der Waals surface area (Å²) in [6, 6.07) is 12.5. The number of aromatic nitrogens is 6. The number of fused-ring (bicyclic) bond motifs is 2. The third-order valence-electron chi connectivity index (χ3n) is 12.0. The van der Waals surface area contributed by atoms with E-state index < -0.39 is 17.9 Å². The Labute approximate surface area is 457 Å². The van der Waals surface area contributed by atoms with E-state index in [9.17, 15) is 32.8 Å². The molecule has 24 heteroatoms. The summed E-state index contributed by atoms with van der Waals surface area (Å²) in [6.45, 7) is 12.6. The summed E-state index contributed by atoms with van der Waals surface area (Å²) in [6.07, 6.45) is 16.0. The molecule has 2 saturated heterocycles. The molecule has 2 aromatic carbocycles. The molecule has 2 atom stereocenters. The van der Waals surface area contributed by atoms with E-state index in [1.165, 1.54) is 31.2 Å². The summed E-state index contributed by atoms with van der Waals surface area (Å²) in [4.78, 5) is 74.1. The number of amides is 2. The van der Waals surface area contributed by atoms with Crippen molar-refractivity contribution in [2.75, 3.05) is 40.3 Å². The van der Waals surface area contributed by atoms with E-state index in [2.05, 4.69) is 76.3 Å². The molecule has 2 amide bonds. The molecule has 397 valence electrons. The van der Waals surface area contributed by atoms with E-state index in [1.807, 2.05) is 0 Å². The number of likely N-dealkylation sites (tertiary alicyclic amines) is 1. The van der Waals surface area contributed by atoms with Crippen LogP contribution in [0.25, 0.3) is 33.2 Å². The van der Waals surface area contributed by atoms with Crippen LogP contribution in [0.15, 0.2) is 85.7 Å². The second-order valence-electron chi connectivity index (χ2n) is 17.1. The van der Waals surface area contributed by atoms with Crippen LogP contribution < -0.4 is 45.5 Å². The molecule has 0 spiro atoms. The van der Waals surface area contributed by atoms with Crippen LogP contribution in [0.2, 0.25) is 0 Å². The summed E-state index contributed by atoms with van der Waals surface area (Å²) in [5.74, 6) is -1.58. The Morgan fingerprint density at radius 2 is 1.08 bits per heavy atom. The van der Waals surface area contributed by atoms with Gasteiger partial charge in [0.25, 0.3) is 17.8 Å². The number of carbonyl (C=O) groups excluding carboxylic acids is 5. The first-order valence-electron chi connectivity index (χ1n) is 24.1. The summed E-state index contributed by atoms with van der Waals surface area (Å²) in [5, 5.41) is 34.9. The molecular formula is C51H65BF2N10NaO10. The topological polar surface area (TPSA) is 254 Å². The molecule has 2 aliphatic heterocycles. The van der Waals surface area contributed by atoms with Gasteiger partial charge in [-0.25, -0.2) is 44.0 Å². The Morgan fingerprint density at radius 1 is 0.680 bits per heavy atom. The smallest absolute Gasteiger partial charge is 0.577 e. The van der Waals surface area contributed by atoms with E-state index >= 15 is 0 Å². The Bertz CT molecular complexity index is 2710. The van der Waals surface area contributed by atoms with Gasteiger partial charge >= 0.3 is 41.5 Å². The van der Waals surface area contributed by atoms with Gasteiger partial charge in [0.1, 0.15) is 11.6 Å². The monoisotopic (exact) mass is 1050 g/mol. The van der Waals surface area contributed by atoms with Crippen LogP contribution >= 0.6 is 0 Å². The molecular weight excluding hydrogens is 984 g/mol. The van der Waals surface area contributed by atoms with Gasteiger partial charge in [-0.2, -0.15) is 10.2 Å². The molecule has 2 aliphatic rings. The molecule has 6 heterocycles. The Balaban J connectivity index is 0.000000301. The maximum absolute atomic E-state index is 13.2. The fourth-order valence-corrected chi connectivity index (χ4v) is 8.34. The molecule has 5 N–H and O–H groups in total. The summed E-state index contributed by atoms with van der Waals surface area (Å²) >= 11 is 0. The first kappa shape index (κ1) is 63.1. The van der Waals surface area contributed by atoms with Gasteiger partial charge in [0.15, 0.2) is 0 Å². The number of benzene rings is 2. The van der Waals surface area contributed by atoms with Gasteiger partial charge < -0.3 is 35.7 Å². The number of aliphatic hydroxyl groups is 2. The average molecular weight is 1050 g/mol. The molecule has 0 bridgehead atoms. The Kier molecular flexibility index (Phi) is 27.7. The van der Waals surface area contributed by atoms with Crippen LogP contribution in [0.4, 0.5) is 8.78 Å². The number of nitrogens with one attached hydrogen (secondary N) is 3. The van der Waals surface area contributed by atoms with Crippen molar-refractivity contribution in [2.45, 2.75) is 85.2 Å². The molecule has 0 aliphatic carbocycles. The zero-order valence-electron chi connectivity index (χ0n) is 43.7. The third-order valence-corrected chi connectivity index (χ3v) is 12.0. The maximum Gasteiger partial charge on any atom is 1.00 e. The number of rotatable bonds is 12. The predicted octanol–water partition coefficient (Wildman–Crippen LogP) is 2.78. The minimum Gasteiger partial charge on any atom is -0.577 e. The summed E-state index contributed by atoms with van der Waals surface area (Å²) in [7, 11) is 4.04. The van der Waals surface area contributed by atoms with Crippen molar-refractivity contribution < 1.29 is 87.0 Å². The Hall–Kier alpha value is -6.21. The summed E-state index contributed by atoms with van der Waals surface area (Å²) in [5.41, 5.74) is 3.90. The van der Waals surface area contributed by atoms with E-state index in [4.69, 9.17) is 10.2 Å². The number of hydrogen-bond donors (Lipinski definition) is 5. The van der Waals surface area contributed by atoms with Gasteiger partial charge in [0, 0.05) is 63.1 Å². The minimum atomic E-state index is -0.639. The van der Waals surface area contributed by atoms with Crippen molar-refractivity contribution in [3.63, 3.8) is 0 Å². The SMILES string of the molecule is CC(=O)OOC(C)=O.CC(=O)O[B][CH-]O.CCC(NC(=O)c1cncc2c1cnn2-c1ccc(F)cc1)C1CCN(C)CC1.CCC(NC(=O)c1cncc2c1cnn2-c1ccc(F)cc1)C1CCNCC1.CO.[Na+]. The third kappa shape index (κ3) is 19.5. The van der Waals surface area contributed by atoms with E-state index in [0.29, 0.717) is 35.0 Å². The predicted molar refractivity (Wildman–Crippen MR) is 272 cm³/mol. The van der Waals surface area contributed by atoms with Gasteiger partial charge in [-0.3, -0.25) is 24.4 Å². The van der Waals surface area contributed by atoms with Crippen molar-refractivity contribution >= 4 is 59.0 Å². The average Bonchev–Trinajstić information content (AvgIpc) is 4.06. The molecule has 4 aromatic heterocycles. The van der Waals surface area contributed by atoms with Gasteiger partial charge in [-0.05, 0) is 132 Å². The number of piperidine rings is 2. The molecule has 75 heavy (non-hydrogen) atoms. The fraction of sp³-hybridized carbons (Fsp3) is 0.412. The zero-order valence-corrected chi connectivity index (χ0v) is 45.7.